The minimum absolute atomic E-state index is 0.0928. The van der Waals surface area contributed by atoms with Gasteiger partial charge in [-0.3, -0.25) is 9.59 Å². The van der Waals surface area contributed by atoms with Crippen molar-refractivity contribution in [2.75, 3.05) is 19.8 Å². The summed E-state index contributed by atoms with van der Waals surface area (Å²) in [5, 5.41) is 3.19. The van der Waals surface area contributed by atoms with Crippen molar-refractivity contribution in [3.05, 3.63) is 51.2 Å². The molecular weight excluding hydrogens is 378 g/mol. The van der Waals surface area contributed by atoms with E-state index in [4.69, 9.17) is 21.1 Å². The van der Waals surface area contributed by atoms with Crippen LogP contribution in [-0.4, -0.2) is 37.4 Å². The van der Waals surface area contributed by atoms with Crippen molar-refractivity contribution in [2.45, 2.75) is 13.3 Å². The minimum Gasteiger partial charge on any atom is -0.482 e. The quantitative estimate of drug-likeness (QED) is 0.521. The number of ether oxygens (including phenoxy) is 2. The number of Topliss-reactive ketones (excluding diaryl/α,β-unsaturated/α-hetero) is 1. The summed E-state index contributed by atoms with van der Waals surface area (Å²) < 4.78 is 10.2. The number of carbonyl (C=O) groups excluding carboxylic acids is 3. The molecule has 0 atom stereocenters. The molecule has 1 aromatic carbocycles. The average molecular weight is 396 g/mol. The Balaban J connectivity index is 1.73. The van der Waals surface area contributed by atoms with Gasteiger partial charge in [0.25, 0.3) is 0 Å². The lowest BCUT2D eigenvalue weighted by Gasteiger charge is -2.06. The molecule has 0 aliphatic carbocycles. The molecule has 1 amide bonds. The maximum Gasteiger partial charge on any atom is 0.344 e. The molecule has 6 nitrogen and oxygen atoms in total. The van der Waals surface area contributed by atoms with E-state index < -0.39 is 5.97 Å². The van der Waals surface area contributed by atoms with E-state index in [0.29, 0.717) is 28.6 Å². The molecule has 26 heavy (non-hydrogen) atoms. The first kappa shape index (κ1) is 19.9. The third-order valence-electron chi connectivity index (χ3n) is 3.20. The monoisotopic (exact) mass is 395 g/mol. The van der Waals surface area contributed by atoms with Crippen LogP contribution in [-0.2, 0) is 20.7 Å². The Morgan fingerprint density at radius 3 is 2.69 bits per heavy atom. The fraction of sp³-hybridized carbons (Fsp3) is 0.278. The van der Waals surface area contributed by atoms with E-state index in [0.717, 1.165) is 4.88 Å². The van der Waals surface area contributed by atoms with Crippen LogP contribution < -0.4 is 10.1 Å². The van der Waals surface area contributed by atoms with Crippen molar-refractivity contribution < 1.29 is 23.9 Å². The Labute approximate surface area is 160 Å². The summed E-state index contributed by atoms with van der Waals surface area (Å²) in [6.45, 7) is 1.32. The summed E-state index contributed by atoms with van der Waals surface area (Å²) in [4.78, 5) is 36.1. The molecule has 0 bridgehead atoms. The molecule has 2 rings (SSSR count). The van der Waals surface area contributed by atoms with Crippen molar-refractivity contribution in [1.29, 1.82) is 0 Å². The van der Waals surface area contributed by atoms with Crippen LogP contribution in [0.2, 0.25) is 5.02 Å². The van der Waals surface area contributed by atoms with Gasteiger partial charge in [0, 0.05) is 23.4 Å². The smallest absolute Gasteiger partial charge is 0.344 e. The van der Waals surface area contributed by atoms with Crippen LogP contribution in [0.15, 0.2) is 36.4 Å². The van der Waals surface area contributed by atoms with E-state index in [2.05, 4.69) is 5.32 Å². The van der Waals surface area contributed by atoms with E-state index in [1.165, 1.54) is 18.3 Å². The van der Waals surface area contributed by atoms with Gasteiger partial charge in [0.05, 0.1) is 4.88 Å². The third-order valence-corrected chi connectivity index (χ3v) is 4.62. The molecule has 0 aliphatic heterocycles. The van der Waals surface area contributed by atoms with Gasteiger partial charge in [0.15, 0.2) is 13.2 Å². The molecule has 0 saturated carbocycles. The maximum absolute atomic E-state index is 12.1. The SMILES string of the molecule is CC(=O)NCCc1ccc(C(=O)COC(=O)COc2cccc(Cl)c2)s1. The minimum atomic E-state index is -0.638. The van der Waals surface area contributed by atoms with E-state index in [9.17, 15) is 14.4 Å². The molecule has 0 aliphatic rings. The number of nitrogens with one attached hydrogen (secondary N) is 1. The highest BCUT2D eigenvalue weighted by Gasteiger charge is 2.13. The van der Waals surface area contributed by atoms with Crippen LogP contribution >= 0.6 is 22.9 Å². The topological polar surface area (TPSA) is 81.7 Å². The highest BCUT2D eigenvalue weighted by Crippen LogP contribution is 2.18. The van der Waals surface area contributed by atoms with Crippen LogP contribution in [0.25, 0.3) is 0 Å². The maximum atomic E-state index is 12.1. The van der Waals surface area contributed by atoms with Crippen molar-refractivity contribution in [3.8, 4) is 5.75 Å². The number of hydrogen-bond acceptors (Lipinski definition) is 6. The van der Waals surface area contributed by atoms with Gasteiger partial charge >= 0.3 is 5.97 Å². The van der Waals surface area contributed by atoms with Gasteiger partial charge < -0.3 is 14.8 Å². The Morgan fingerprint density at radius 1 is 1.15 bits per heavy atom. The number of esters is 1. The molecular formula is C18H18ClNO5S. The molecule has 8 heteroatoms. The van der Waals surface area contributed by atoms with Crippen LogP contribution in [0.3, 0.4) is 0 Å². The number of thiophene rings is 1. The number of ketones is 1. The van der Waals surface area contributed by atoms with E-state index in [1.54, 1.807) is 30.3 Å². The van der Waals surface area contributed by atoms with Crippen molar-refractivity contribution in [2.24, 2.45) is 0 Å². The number of benzene rings is 1. The van der Waals surface area contributed by atoms with Gasteiger partial charge in [0.2, 0.25) is 11.7 Å². The summed E-state index contributed by atoms with van der Waals surface area (Å²) >= 11 is 7.14. The lowest BCUT2D eigenvalue weighted by atomic mass is 10.3. The summed E-state index contributed by atoms with van der Waals surface area (Å²) in [6, 6.07) is 10.1. The molecule has 0 saturated heterocycles. The zero-order valence-corrected chi connectivity index (χ0v) is 15.7. The van der Waals surface area contributed by atoms with E-state index in [1.807, 2.05) is 6.07 Å². The first-order valence-electron chi connectivity index (χ1n) is 7.84. The lowest BCUT2D eigenvalue weighted by molar-refractivity contribution is -0.144. The van der Waals surface area contributed by atoms with Crippen LogP contribution in [0.4, 0.5) is 0 Å². The van der Waals surface area contributed by atoms with E-state index in [-0.39, 0.29) is 24.9 Å². The lowest BCUT2D eigenvalue weighted by Crippen LogP contribution is -2.22. The van der Waals surface area contributed by atoms with E-state index >= 15 is 0 Å². The number of carbonyl (C=O) groups is 3. The Morgan fingerprint density at radius 2 is 1.96 bits per heavy atom. The molecule has 0 spiro atoms. The summed E-state index contributed by atoms with van der Waals surface area (Å²) in [7, 11) is 0. The van der Waals surface area contributed by atoms with Gasteiger partial charge in [0.1, 0.15) is 5.75 Å². The standard InChI is InChI=1S/C18H18ClNO5S/c1-12(21)20-8-7-15-5-6-17(26-15)16(22)10-25-18(23)11-24-14-4-2-3-13(19)9-14/h2-6,9H,7-8,10-11H2,1H3,(H,20,21). The Kier molecular flexibility index (Phi) is 7.62. The molecule has 138 valence electrons. The Hall–Kier alpha value is -2.38. The number of hydrogen-bond donors (Lipinski definition) is 1. The summed E-state index contributed by atoms with van der Waals surface area (Å²) in [5.74, 6) is -0.565. The van der Waals surface area contributed by atoms with Gasteiger partial charge in [-0.1, -0.05) is 17.7 Å². The largest absolute Gasteiger partial charge is 0.482 e. The predicted molar refractivity (Wildman–Crippen MR) is 98.9 cm³/mol. The van der Waals surface area contributed by atoms with Crippen LogP contribution in [0.5, 0.6) is 5.75 Å². The van der Waals surface area contributed by atoms with Gasteiger partial charge in [-0.05, 0) is 36.8 Å². The second-order valence-electron chi connectivity index (χ2n) is 5.33. The molecule has 0 fully saturated rings. The predicted octanol–water partition coefficient (Wildman–Crippen LogP) is 2.89. The van der Waals surface area contributed by atoms with Gasteiger partial charge in [-0.15, -0.1) is 11.3 Å². The Bertz CT molecular complexity index is 789. The zero-order valence-electron chi connectivity index (χ0n) is 14.1. The molecule has 1 heterocycles. The highest BCUT2D eigenvalue weighted by atomic mass is 35.5. The number of halogens is 1. The molecule has 0 radical (unpaired) electrons. The molecule has 1 N–H and O–H groups in total. The summed E-state index contributed by atoms with van der Waals surface area (Å²) in [6.07, 6.45) is 0.644. The second kappa shape index (κ2) is 9.94. The molecule has 2 aromatic rings. The normalized spacial score (nSPS) is 10.2. The second-order valence-corrected chi connectivity index (χ2v) is 6.93. The molecule has 1 aromatic heterocycles. The average Bonchev–Trinajstić information content (AvgIpc) is 3.06. The zero-order chi connectivity index (χ0) is 18.9. The van der Waals surface area contributed by atoms with Crippen molar-refractivity contribution >= 4 is 40.6 Å². The third kappa shape index (κ3) is 6.85. The van der Waals surface area contributed by atoms with Crippen LogP contribution in [0, 0.1) is 0 Å². The van der Waals surface area contributed by atoms with Gasteiger partial charge in [-0.25, -0.2) is 4.79 Å². The van der Waals surface area contributed by atoms with Gasteiger partial charge in [-0.2, -0.15) is 0 Å². The van der Waals surface area contributed by atoms with Crippen LogP contribution in [0.1, 0.15) is 21.5 Å². The first-order valence-corrected chi connectivity index (χ1v) is 9.04. The fourth-order valence-electron chi connectivity index (χ4n) is 1.98. The highest BCUT2D eigenvalue weighted by molar-refractivity contribution is 7.14. The molecule has 0 unspecified atom stereocenters. The fourth-order valence-corrected chi connectivity index (χ4v) is 3.09. The number of rotatable bonds is 9. The first-order chi connectivity index (χ1) is 12.4. The van der Waals surface area contributed by atoms with Crippen molar-refractivity contribution in [3.63, 3.8) is 0 Å². The van der Waals surface area contributed by atoms with Crippen molar-refractivity contribution in [1.82, 2.24) is 5.32 Å². The number of amides is 1. The summed E-state index contributed by atoms with van der Waals surface area (Å²) in [5.41, 5.74) is 0.